The Bertz CT molecular complexity index is 3810. The summed E-state index contributed by atoms with van der Waals surface area (Å²) in [5.74, 6) is 7.00. The normalized spacial score (nSPS) is 13.8. The minimum Gasteiger partial charge on any atom is -0.495 e. The van der Waals surface area contributed by atoms with Crippen LogP contribution in [0, 0.1) is 11.8 Å². The lowest BCUT2D eigenvalue weighted by Crippen LogP contribution is -2.41. The van der Waals surface area contributed by atoms with E-state index in [1.807, 2.05) is 37.9 Å². The fraction of sp³-hybridized carbons (Fsp3) is 0.513. The number of aryl methyl sites for hydroxylation is 2. The first kappa shape index (κ1) is 75.3. The predicted molar refractivity (Wildman–Crippen MR) is 383 cm³/mol. The molecule has 0 saturated carbocycles. The second-order valence-electron chi connectivity index (χ2n) is 25.1. The number of anilines is 3. The van der Waals surface area contributed by atoms with Gasteiger partial charge in [-0.3, -0.25) is 9.59 Å². The fourth-order valence-corrected chi connectivity index (χ4v) is 13.1. The first-order chi connectivity index (χ1) is 46.5. The van der Waals surface area contributed by atoms with Gasteiger partial charge in [0.2, 0.25) is 5.36 Å². The Morgan fingerprint density at radius 3 is 2.14 bits per heavy atom. The van der Waals surface area contributed by atoms with E-state index in [0.29, 0.717) is 83.0 Å². The molecule has 1 unspecified atom stereocenters. The molecule has 0 aliphatic carbocycles. The molecule has 4 aliphatic heterocycles. The number of nitrogens with one attached hydrogen (secondary N) is 5. The van der Waals surface area contributed by atoms with Gasteiger partial charge in [-0.1, -0.05) is 92.6 Å². The quantitative estimate of drug-likeness (QED) is 0.0130. The van der Waals surface area contributed by atoms with Crippen molar-refractivity contribution in [3.05, 3.63) is 139 Å². The van der Waals surface area contributed by atoms with E-state index in [9.17, 15) is 31.9 Å². The second-order valence-corrected chi connectivity index (χ2v) is 25.1. The van der Waals surface area contributed by atoms with Crippen molar-refractivity contribution in [3.8, 4) is 29.1 Å². The number of alkyl halides is 4. The average molecular weight is 1330 g/mol. The van der Waals surface area contributed by atoms with Crippen molar-refractivity contribution >= 4 is 51.3 Å². The zero-order valence-corrected chi connectivity index (χ0v) is 58.9. The number of unbranched alkanes of at least 4 members (excludes halogenated alkanes) is 3. The minimum absolute atomic E-state index is 0.0849. The number of rotatable bonds is 24. The maximum Gasteiger partial charge on any atom is 0.406 e. The van der Waals surface area contributed by atoms with Crippen molar-refractivity contribution in [2.24, 2.45) is 0 Å². The lowest BCUT2D eigenvalue weighted by atomic mass is 9.83. The van der Waals surface area contributed by atoms with Crippen LogP contribution in [0.15, 0.2) is 72.8 Å². The maximum atomic E-state index is 14.2. The summed E-state index contributed by atoms with van der Waals surface area (Å²) in [7, 11) is 4.74. The van der Waals surface area contributed by atoms with Gasteiger partial charge in [0.05, 0.1) is 48.8 Å². The molecule has 0 saturated heterocycles. The lowest BCUT2D eigenvalue weighted by Gasteiger charge is -2.29. The lowest BCUT2D eigenvalue weighted by molar-refractivity contribution is -0.140. The van der Waals surface area contributed by atoms with Crippen LogP contribution in [0.4, 0.5) is 34.6 Å². The molecule has 1 atom stereocenters. The highest BCUT2D eigenvalue weighted by Crippen LogP contribution is 2.46. The van der Waals surface area contributed by atoms with E-state index in [1.54, 1.807) is 48.5 Å². The van der Waals surface area contributed by atoms with E-state index in [4.69, 9.17) is 14.2 Å². The first-order valence-electron chi connectivity index (χ1n) is 35.3. The molecule has 5 heterocycles. The number of carbonyl (C=O) groups is 3. The molecule has 14 nitrogen and oxygen atoms in total. The van der Waals surface area contributed by atoms with E-state index in [-0.39, 0.29) is 24.1 Å². The summed E-state index contributed by atoms with van der Waals surface area (Å²) in [6.07, 6.45) is 10.8. The van der Waals surface area contributed by atoms with Crippen molar-refractivity contribution in [1.82, 2.24) is 24.7 Å². The number of ether oxygens (including phenoxy) is 3. The molecule has 4 aliphatic rings. The largest absolute Gasteiger partial charge is 0.495 e. The number of nitrogens with zero attached hydrogens (tertiary/aromatic N) is 3. The number of aromatic nitrogens is 1. The molecule has 10 rings (SSSR count). The molecule has 1 aromatic heterocycles. The molecular formula is C78H105F4N8O6+. The second kappa shape index (κ2) is 37.5. The number of halogens is 4. The van der Waals surface area contributed by atoms with Gasteiger partial charge in [-0.05, 0) is 169 Å². The molecule has 5 N–H and O–H groups in total. The Morgan fingerprint density at radius 1 is 0.760 bits per heavy atom. The number of carbonyl (C=O) groups excluding carboxylic acids is 3. The van der Waals surface area contributed by atoms with Crippen molar-refractivity contribution in [2.45, 2.75) is 183 Å². The molecule has 520 valence electrons. The van der Waals surface area contributed by atoms with E-state index in [2.05, 4.69) is 89.8 Å². The van der Waals surface area contributed by atoms with Gasteiger partial charge in [0.25, 0.3) is 11.8 Å². The van der Waals surface area contributed by atoms with E-state index in [0.717, 1.165) is 149 Å². The number of hydrogen-bond acceptors (Lipinski definition) is 10. The topological polar surface area (TPSA) is 150 Å². The van der Waals surface area contributed by atoms with Gasteiger partial charge in [0.15, 0.2) is 0 Å². The highest BCUT2D eigenvalue weighted by Gasteiger charge is 2.35. The smallest absolute Gasteiger partial charge is 0.406 e. The number of esters is 1. The standard InChI is InChI=1S/C70H82F4N8O6.2C3H8.C2H6/c1-6-19-52-63-46(20-9-13-30-77-63)38-56-62(57-39-47-21-10-14-36-81-37-17-23-53(64(47)81)66(57)88-65(52)56)54-40-48(26-28-51(54)69(85)87-5)67(83)78-31-11-7-8-12-32-79-68(84)49-27-29-59(61(41-49)86-4)76-33-16-22-50-42-55-58(75-34-18-35-80(3)43-45(2)71)24-15-25-60(55)82(50)44-70(72,73)74;2*1-3-2;1-2/h15,24-29,38-42,45,75H,6-14,17-21,23,30-37,43-44H2,1-5H3,(H3,76,78,79,83,84);2*3H2,1-2H3;1-2H3/p+1. The SMILES string of the molecule is CC.CCC.CCC.CCCc1c2c(cc3c1Oc1c4c5c(cc1=C3c1cc(C(=O)NCCCCCCNC(=O)c3ccc(NCC#Cc6cc7c(NCCCN(C)CC(C)F)cccc7n6CC(F)(F)F)c(OC)c3)ccc1C(=O)OC)CCCC[N+]=5CCC4)CCCCN2. The Morgan fingerprint density at radius 2 is 1.45 bits per heavy atom. The Hall–Kier alpha value is -8.04. The average Bonchev–Trinajstić information content (AvgIpc) is 0.795. The maximum absolute atomic E-state index is 14.2. The van der Waals surface area contributed by atoms with Gasteiger partial charge in [0.1, 0.15) is 43.1 Å². The van der Waals surface area contributed by atoms with Crippen molar-refractivity contribution in [1.29, 1.82) is 0 Å². The van der Waals surface area contributed by atoms with Crippen LogP contribution < -0.4 is 51.2 Å². The Labute approximate surface area is 567 Å². The Balaban J connectivity index is 0.00000155. The monoisotopic (exact) mass is 1330 g/mol. The van der Waals surface area contributed by atoms with E-state index < -0.39 is 24.9 Å². The van der Waals surface area contributed by atoms with Gasteiger partial charge >= 0.3 is 12.1 Å². The van der Waals surface area contributed by atoms with Crippen LogP contribution in [0.3, 0.4) is 0 Å². The van der Waals surface area contributed by atoms with Gasteiger partial charge < -0.3 is 50.3 Å². The van der Waals surface area contributed by atoms with Crippen LogP contribution in [0.25, 0.3) is 16.5 Å². The van der Waals surface area contributed by atoms with Crippen molar-refractivity contribution in [2.75, 3.05) is 96.1 Å². The zero-order chi connectivity index (χ0) is 69.3. The number of amides is 2. The summed E-state index contributed by atoms with van der Waals surface area (Å²) < 4.78 is 77.1. The zero-order valence-electron chi connectivity index (χ0n) is 58.9. The molecule has 18 heteroatoms. The summed E-state index contributed by atoms with van der Waals surface area (Å²) >= 11 is 0. The summed E-state index contributed by atoms with van der Waals surface area (Å²) in [5, 5.41) is 19.3. The molecule has 0 bridgehead atoms. The van der Waals surface area contributed by atoms with Crippen LogP contribution >= 0.6 is 0 Å². The number of methoxy groups -OCH3 is 2. The Kier molecular flexibility index (Phi) is 29.4. The third-order valence-corrected chi connectivity index (χ3v) is 17.2. The third kappa shape index (κ3) is 19.6. The molecule has 0 radical (unpaired) electrons. The highest BCUT2D eigenvalue weighted by molar-refractivity contribution is 6.03. The number of benzene rings is 5. The van der Waals surface area contributed by atoms with Gasteiger partial charge in [-0.25, -0.2) is 13.8 Å². The summed E-state index contributed by atoms with van der Waals surface area (Å²) in [6, 6.07) is 21.7. The molecule has 6 aromatic rings. The first-order valence-corrected chi connectivity index (χ1v) is 35.3. The predicted octanol–water partition coefficient (Wildman–Crippen LogP) is 15.0. The van der Waals surface area contributed by atoms with Gasteiger partial charge in [0, 0.05) is 101 Å². The van der Waals surface area contributed by atoms with E-state index in [1.165, 1.54) is 66.3 Å². The minimum atomic E-state index is -4.48. The third-order valence-electron chi connectivity index (χ3n) is 17.2. The summed E-state index contributed by atoms with van der Waals surface area (Å²) in [4.78, 5) is 43.2. The summed E-state index contributed by atoms with van der Waals surface area (Å²) in [6.45, 7) is 20.5. The van der Waals surface area contributed by atoms with Crippen LogP contribution in [-0.2, 0) is 37.0 Å². The van der Waals surface area contributed by atoms with E-state index >= 15 is 0 Å². The number of fused-ring (bicyclic) bond motifs is 5. The molecule has 96 heavy (non-hydrogen) atoms. The van der Waals surface area contributed by atoms with Crippen LogP contribution in [0.2, 0.25) is 0 Å². The highest BCUT2D eigenvalue weighted by atomic mass is 19.4. The van der Waals surface area contributed by atoms with Crippen molar-refractivity contribution < 1.29 is 46.2 Å². The fourth-order valence-electron chi connectivity index (χ4n) is 13.1. The molecule has 0 fully saturated rings. The van der Waals surface area contributed by atoms with Crippen molar-refractivity contribution in [3.63, 3.8) is 0 Å². The molecule has 5 aromatic carbocycles. The molecule has 0 spiro atoms. The molecule has 2 amide bonds. The van der Waals surface area contributed by atoms with Gasteiger partial charge in [-0.15, -0.1) is 0 Å². The number of hydrogen-bond donors (Lipinski definition) is 5. The van der Waals surface area contributed by atoms with Crippen LogP contribution in [0.1, 0.15) is 209 Å². The van der Waals surface area contributed by atoms with Crippen LogP contribution in [0.5, 0.6) is 17.2 Å². The van der Waals surface area contributed by atoms with Gasteiger partial charge in [-0.2, -0.15) is 13.2 Å². The summed E-state index contributed by atoms with van der Waals surface area (Å²) in [5.41, 5.74) is 11.7. The molecular weight excluding hydrogens is 1220 g/mol. The van der Waals surface area contributed by atoms with Crippen LogP contribution in [-0.4, -0.2) is 120 Å².